The Morgan fingerprint density at radius 2 is 1.74 bits per heavy atom. The molecule has 0 spiro atoms. The topological polar surface area (TPSA) is 47.1 Å². The molecule has 1 aromatic heterocycles. The van der Waals surface area contributed by atoms with Gasteiger partial charge in [0.05, 0.1) is 25.6 Å². The molecule has 0 saturated heterocycles. The number of methoxy groups -OCH3 is 2. The van der Waals surface area contributed by atoms with Gasteiger partial charge >= 0.3 is 0 Å². The van der Waals surface area contributed by atoms with Gasteiger partial charge in [-0.25, -0.2) is 0 Å². The van der Waals surface area contributed by atoms with Crippen LogP contribution in [0.4, 0.5) is 0 Å². The molecule has 0 radical (unpaired) electrons. The lowest BCUT2D eigenvalue weighted by Crippen LogP contribution is -1.93. The van der Waals surface area contributed by atoms with Gasteiger partial charge in [-0.05, 0) is 29.8 Å². The summed E-state index contributed by atoms with van der Waals surface area (Å²) in [5, 5.41) is 8.38. The zero-order valence-electron chi connectivity index (χ0n) is 12.8. The highest BCUT2D eigenvalue weighted by Gasteiger charge is 2.27. The van der Waals surface area contributed by atoms with Crippen molar-refractivity contribution in [2.45, 2.75) is 6.42 Å². The standard InChI is InChI=1S/C18H15ClN2O2/c1-22-15-8-11-7-14-17(10-3-5-12(19)6-4-10)20-21-18(14)13(11)9-16(15)23-2/h3-6,8-9H,7H2,1-2H3,(H,20,21). The van der Waals surface area contributed by atoms with E-state index >= 15 is 0 Å². The average Bonchev–Trinajstić information content (AvgIpc) is 3.13. The smallest absolute Gasteiger partial charge is 0.161 e. The van der Waals surface area contributed by atoms with Crippen molar-refractivity contribution >= 4 is 11.6 Å². The van der Waals surface area contributed by atoms with E-state index in [0.717, 1.165) is 45.5 Å². The molecule has 0 saturated carbocycles. The van der Waals surface area contributed by atoms with Crippen molar-refractivity contribution in [2.75, 3.05) is 14.2 Å². The van der Waals surface area contributed by atoms with E-state index in [4.69, 9.17) is 21.1 Å². The first-order chi connectivity index (χ1) is 11.2. The lowest BCUT2D eigenvalue weighted by Gasteiger charge is -2.10. The number of hydrogen-bond donors (Lipinski definition) is 1. The largest absolute Gasteiger partial charge is 0.493 e. The van der Waals surface area contributed by atoms with Crippen LogP contribution in [0.5, 0.6) is 11.5 Å². The molecule has 0 fully saturated rings. The van der Waals surface area contributed by atoms with Gasteiger partial charge in [0, 0.05) is 28.1 Å². The molecule has 2 aromatic carbocycles. The number of rotatable bonds is 3. The van der Waals surface area contributed by atoms with Gasteiger partial charge in [0.25, 0.3) is 0 Å². The van der Waals surface area contributed by atoms with Crippen LogP contribution in [0.2, 0.25) is 5.02 Å². The summed E-state index contributed by atoms with van der Waals surface area (Å²) < 4.78 is 10.8. The molecule has 0 atom stereocenters. The van der Waals surface area contributed by atoms with Gasteiger partial charge in [0.1, 0.15) is 0 Å². The highest BCUT2D eigenvalue weighted by Crippen LogP contribution is 2.44. The summed E-state index contributed by atoms with van der Waals surface area (Å²) in [6.45, 7) is 0. The summed E-state index contributed by atoms with van der Waals surface area (Å²) in [4.78, 5) is 0. The van der Waals surface area contributed by atoms with Crippen LogP contribution in [0.1, 0.15) is 11.1 Å². The Morgan fingerprint density at radius 3 is 2.43 bits per heavy atom. The number of ether oxygens (including phenoxy) is 2. The molecule has 4 nitrogen and oxygen atoms in total. The number of H-pyrrole nitrogens is 1. The summed E-state index contributed by atoms with van der Waals surface area (Å²) in [7, 11) is 3.30. The Bertz CT molecular complexity index is 885. The highest BCUT2D eigenvalue weighted by molar-refractivity contribution is 6.30. The maximum atomic E-state index is 5.97. The number of aromatic nitrogens is 2. The number of nitrogens with zero attached hydrogens (tertiary/aromatic N) is 1. The molecular formula is C18H15ClN2O2. The fourth-order valence-electron chi connectivity index (χ4n) is 3.10. The number of hydrogen-bond acceptors (Lipinski definition) is 3. The summed E-state index contributed by atoms with van der Waals surface area (Å²) in [6.07, 6.45) is 0.819. The van der Waals surface area contributed by atoms with Crippen LogP contribution in [0.25, 0.3) is 22.5 Å². The Kier molecular flexibility index (Phi) is 3.27. The lowest BCUT2D eigenvalue weighted by molar-refractivity contribution is 0.355. The molecule has 1 aliphatic rings. The number of benzene rings is 2. The van der Waals surface area contributed by atoms with Crippen molar-refractivity contribution in [1.82, 2.24) is 10.2 Å². The van der Waals surface area contributed by atoms with Gasteiger partial charge in [0.15, 0.2) is 11.5 Å². The second-order valence-electron chi connectivity index (χ2n) is 5.47. The molecule has 116 valence electrons. The van der Waals surface area contributed by atoms with Crippen molar-refractivity contribution < 1.29 is 9.47 Å². The first-order valence-electron chi connectivity index (χ1n) is 7.29. The van der Waals surface area contributed by atoms with Crippen molar-refractivity contribution in [3.8, 4) is 34.0 Å². The van der Waals surface area contributed by atoms with Crippen LogP contribution in [-0.2, 0) is 6.42 Å². The van der Waals surface area contributed by atoms with E-state index in [1.165, 1.54) is 11.1 Å². The molecule has 0 unspecified atom stereocenters. The van der Waals surface area contributed by atoms with Crippen LogP contribution < -0.4 is 9.47 Å². The molecular weight excluding hydrogens is 312 g/mol. The molecule has 0 aliphatic heterocycles. The predicted molar refractivity (Wildman–Crippen MR) is 90.4 cm³/mol. The van der Waals surface area contributed by atoms with Crippen LogP contribution in [0, 0.1) is 0 Å². The van der Waals surface area contributed by atoms with Crippen molar-refractivity contribution in [2.24, 2.45) is 0 Å². The van der Waals surface area contributed by atoms with Gasteiger partial charge in [-0.15, -0.1) is 0 Å². The van der Waals surface area contributed by atoms with Crippen LogP contribution in [0.3, 0.4) is 0 Å². The summed E-state index contributed by atoms with van der Waals surface area (Å²) in [6, 6.07) is 11.8. The predicted octanol–water partition coefficient (Wildman–Crippen LogP) is 4.32. The molecule has 0 bridgehead atoms. The third kappa shape index (κ3) is 2.18. The Morgan fingerprint density at radius 1 is 1.04 bits per heavy atom. The van der Waals surface area contributed by atoms with E-state index in [1.54, 1.807) is 14.2 Å². The van der Waals surface area contributed by atoms with Gasteiger partial charge in [-0.3, -0.25) is 5.10 Å². The summed E-state index contributed by atoms with van der Waals surface area (Å²) in [5.41, 5.74) is 6.58. The van der Waals surface area contributed by atoms with Crippen molar-refractivity contribution in [3.63, 3.8) is 0 Å². The Balaban J connectivity index is 1.82. The lowest BCUT2D eigenvalue weighted by atomic mass is 10.1. The average molecular weight is 327 g/mol. The van der Waals surface area contributed by atoms with Gasteiger partial charge in [-0.2, -0.15) is 5.10 Å². The summed E-state index contributed by atoms with van der Waals surface area (Å²) >= 11 is 5.97. The van der Waals surface area contributed by atoms with Gasteiger partial charge in [0.2, 0.25) is 0 Å². The number of halogens is 1. The second kappa shape index (κ2) is 5.32. The third-order valence-electron chi connectivity index (χ3n) is 4.23. The molecule has 1 aliphatic carbocycles. The number of nitrogens with one attached hydrogen (secondary N) is 1. The first-order valence-corrected chi connectivity index (χ1v) is 7.67. The molecule has 5 heteroatoms. The van der Waals surface area contributed by atoms with E-state index in [1.807, 2.05) is 36.4 Å². The highest BCUT2D eigenvalue weighted by atomic mass is 35.5. The molecule has 0 amide bonds. The zero-order valence-corrected chi connectivity index (χ0v) is 13.6. The van der Waals surface area contributed by atoms with Crippen LogP contribution in [-0.4, -0.2) is 24.4 Å². The number of fused-ring (bicyclic) bond motifs is 3. The SMILES string of the molecule is COc1cc2c(cc1OC)-c1[nH]nc(-c3ccc(Cl)cc3)c1C2. The van der Waals surface area contributed by atoms with Crippen LogP contribution >= 0.6 is 11.6 Å². The minimum atomic E-state index is 0.721. The Labute approximate surface area is 139 Å². The normalized spacial score (nSPS) is 12.0. The first kappa shape index (κ1) is 14.2. The maximum Gasteiger partial charge on any atom is 0.161 e. The van der Waals surface area contributed by atoms with Crippen molar-refractivity contribution in [1.29, 1.82) is 0 Å². The van der Waals surface area contributed by atoms with E-state index in [9.17, 15) is 0 Å². The monoisotopic (exact) mass is 326 g/mol. The maximum absolute atomic E-state index is 5.97. The quantitative estimate of drug-likeness (QED) is 0.610. The van der Waals surface area contributed by atoms with E-state index in [2.05, 4.69) is 10.2 Å². The minimum Gasteiger partial charge on any atom is -0.493 e. The molecule has 3 aromatic rings. The number of aromatic amines is 1. The second-order valence-corrected chi connectivity index (χ2v) is 5.91. The van der Waals surface area contributed by atoms with E-state index in [0.29, 0.717) is 0 Å². The van der Waals surface area contributed by atoms with Crippen LogP contribution in [0.15, 0.2) is 36.4 Å². The molecule has 1 N–H and O–H groups in total. The zero-order chi connectivity index (χ0) is 16.0. The van der Waals surface area contributed by atoms with E-state index in [-0.39, 0.29) is 0 Å². The molecule has 23 heavy (non-hydrogen) atoms. The fourth-order valence-corrected chi connectivity index (χ4v) is 3.22. The van der Waals surface area contributed by atoms with Crippen molar-refractivity contribution in [3.05, 3.63) is 52.5 Å². The molecule has 1 heterocycles. The minimum absolute atomic E-state index is 0.721. The third-order valence-corrected chi connectivity index (χ3v) is 4.48. The van der Waals surface area contributed by atoms with E-state index < -0.39 is 0 Å². The fraction of sp³-hybridized carbons (Fsp3) is 0.167. The Hall–Kier alpha value is -2.46. The van der Waals surface area contributed by atoms with Gasteiger partial charge in [-0.1, -0.05) is 23.7 Å². The van der Waals surface area contributed by atoms with Gasteiger partial charge < -0.3 is 9.47 Å². The summed E-state index contributed by atoms with van der Waals surface area (Å²) in [5.74, 6) is 1.47. The molecule has 4 rings (SSSR count).